The Kier molecular flexibility index (Phi) is 2.76. The van der Waals surface area contributed by atoms with Gasteiger partial charge in [-0.05, 0) is 29.0 Å². The van der Waals surface area contributed by atoms with E-state index in [9.17, 15) is 4.79 Å². The lowest BCUT2D eigenvalue weighted by Crippen LogP contribution is -2.16. The molecule has 0 bridgehead atoms. The van der Waals surface area contributed by atoms with E-state index in [4.69, 9.17) is 4.74 Å². The first-order chi connectivity index (χ1) is 7.20. The Morgan fingerprint density at radius 1 is 1.40 bits per heavy atom. The number of fused-ring (bicyclic) bond motifs is 1. The van der Waals surface area contributed by atoms with Gasteiger partial charge in [0.05, 0.1) is 6.42 Å². The van der Waals surface area contributed by atoms with E-state index in [0.717, 1.165) is 17.5 Å². The van der Waals surface area contributed by atoms with Crippen LogP contribution in [0.15, 0.2) is 18.2 Å². The Labute approximate surface area is 90.3 Å². The lowest BCUT2D eigenvalue weighted by atomic mass is 9.93. The highest BCUT2D eigenvalue weighted by Gasteiger charge is 2.17. The predicted molar refractivity (Wildman–Crippen MR) is 58.6 cm³/mol. The van der Waals surface area contributed by atoms with Gasteiger partial charge in [0.1, 0.15) is 6.61 Å². The van der Waals surface area contributed by atoms with Gasteiger partial charge in [-0.2, -0.15) is 0 Å². The molecule has 1 atom stereocenters. The van der Waals surface area contributed by atoms with E-state index in [1.807, 2.05) is 0 Å². The van der Waals surface area contributed by atoms with E-state index in [-0.39, 0.29) is 5.97 Å². The van der Waals surface area contributed by atoms with Crippen LogP contribution in [0.1, 0.15) is 42.9 Å². The summed E-state index contributed by atoms with van der Waals surface area (Å²) in [5, 5.41) is 0. The Morgan fingerprint density at radius 3 is 2.93 bits per heavy atom. The summed E-state index contributed by atoms with van der Waals surface area (Å²) in [5.41, 5.74) is 3.62. The first kappa shape index (κ1) is 10.2. The maximum Gasteiger partial charge on any atom is 0.310 e. The van der Waals surface area contributed by atoms with E-state index >= 15 is 0 Å². The fourth-order valence-corrected chi connectivity index (χ4v) is 1.86. The third kappa shape index (κ3) is 2.04. The predicted octanol–water partition coefficient (Wildman–Crippen LogP) is 2.80. The highest BCUT2D eigenvalue weighted by atomic mass is 16.5. The molecule has 0 aliphatic carbocycles. The van der Waals surface area contributed by atoms with Gasteiger partial charge in [0.15, 0.2) is 0 Å². The number of hydrogen-bond donors (Lipinski definition) is 0. The van der Waals surface area contributed by atoms with Crippen LogP contribution in [0, 0.1) is 0 Å². The van der Waals surface area contributed by atoms with Crippen molar-refractivity contribution in [3.8, 4) is 0 Å². The van der Waals surface area contributed by atoms with Crippen molar-refractivity contribution in [1.82, 2.24) is 0 Å². The van der Waals surface area contributed by atoms with Crippen LogP contribution < -0.4 is 0 Å². The van der Waals surface area contributed by atoms with Crippen molar-refractivity contribution in [2.24, 2.45) is 0 Å². The fourth-order valence-electron chi connectivity index (χ4n) is 1.86. The summed E-state index contributed by atoms with van der Waals surface area (Å²) in [7, 11) is 0. The second kappa shape index (κ2) is 4.05. The molecule has 0 radical (unpaired) electrons. The van der Waals surface area contributed by atoms with E-state index < -0.39 is 0 Å². The number of rotatable bonds is 2. The lowest BCUT2D eigenvalue weighted by molar-refractivity contribution is -0.145. The van der Waals surface area contributed by atoms with E-state index in [2.05, 4.69) is 32.0 Å². The Morgan fingerprint density at radius 2 is 2.20 bits per heavy atom. The SMILES string of the molecule is CCC(C)c1ccc2c(c1)CC(=O)OC2. The zero-order valence-corrected chi connectivity index (χ0v) is 9.25. The monoisotopic (exact) mass is 204 g/mol. The van der Waals surface area contributed by atoms with Crippen LogP contribution in [0.5, 0.6) is 0 Å². The first-order valence-corrected chi connectivity index (χ1v) is 5.48. The van der Waals surface area contributed by atoms with Crippen LogP contribution >= 0.6 is 0 Å². The van der Waals surface area contributed by atoms with Gasteiger partial charge in [0.2, 0.25) is 0 Å². The molecular formula is C13H16O2. The molecule has 15 heavy (non-hydrogen) atoms. The highest BCUT2D eigenvalue weighted by Crippen LogP contribution is 2.24. The Bertz CT molecular complexity index is 382. The maximum atomic E-state index is 11.2. The minimum absolute atomic E-state index is 0.108. The summed E-state index contributed by atoms with van der Waals surface area (Å²) in [6, 6.07) is 6.39. The maximum absolute atomic E-state index is 11.2. The van der Waals surface area contributed by atoms with Crippen LogP contribution in [-0.4, -0.2) is 5.97 Å². The van der Waals surface area contributed by atoms with Crippen molar-refractivity contribution < 1.29 is 9.53 Å². The minimum atomic E-state index is -0.108. The normalized spacial score (nSPS) is 16.8. The van der Waals surface area contributed by atoms with Crippen molar-refractivity contribution in [1.29, 1.82) is 0 Å². The molecule has 0 fully saturated rings. The van der Waals surface area contributed by atoms with Crippen molar-refractivity contribution in [2.45, 2.75) is 39.2 Å². The minimum Gasteiger partial charge on any atom is -0.461 e. The molecule has 1 aliphatic rings. The topological polar surface area (TPSA) is 26.3 Å². The Balaban J connectivity index is 2.32. The van der Waals surface area contributed by atoms with Gasteiger partial charge < -0.3 is 4.74 Å². The summed E-state index contributed by atoms with van der Waals surface area (Å²) < 4.78 is 4.99. The van der Waals surface area contributed by atoms with Gasteiger partial charge in [0, 0.05) is 0 Å². The highest BCUT2D eigenvalue weighted by molar-refractivity contribution is 5.74. The van der Waals surface area contributed by atoms with Crippen LogP contribution in [-0.2, 0) is 22.6 Å². The number of benzene rings is 1. The molecule has 0 spiro atoms. The quantitative estimate of drug-likeness (QED) is 0.692. The number of carbonyl (C=O) groups is 1. The first-order valence-electron chi connectivity index (χ1n) is 5.48. The third-order valence-electron chi connectivity index (χ3n) is 3.14. The molecule has 0 N–H and O–H groups in total. The molecule has 0 saturated heterocycles. The van der Waals surface area contributed by atoms with E-state index in [0.29, 0.717) is 18.9 Å². The van der Waals surface area contributed by atoms with Gasteiger partial charge in [-0.15, -0.1) is 0 Å². The van der Waals surface area contributed by atoms with Crippen LogP contribution in [0.4, 0.5) is 0 Å². The number of cyclic esters (lactones) is 1. The molecule has 0 saturated carbocycles. The second-order valence-corrected chi connectivity index (χ2v) is 4.17. The van der Waals surface area contributed by atoms with Crippen molar-refractivity contribution in [3.05, 3.63) is 34.9 Å². The molecule has 1 unspecified atom stereocenters. The summed E-state index contributed by atoms with van der Waals surface area (Å²) in [6.45, 7) is 4.83. The van der Waals surface area contributed by atoms with Crippen LogP contribution in [0.25, 0.3) is 0 Å². The van der Waals surface area contributed by atoms with E-state index in [1.165, 1.54) is 5.56 Å². The number of carbonyl (C=O) groups excluding carboxylic acids is 1. The summed E-state index contributed by atoms with van der Waals surface area (Å²) >= 11 is 0. The fraction of sp³-hybridized carbons (Fsp3) is 0.462. The van der Waals surface area contributed by atoms with Gasteiger partial charge in [-0.25, -0.2) is 0 Å². The van der Waals surface area contributed by atoms with Crippen molar-refractivity contribution in [3.63, 3.8) is 0 Å². The van der Waals surface area contributed by atoms with Gasteiger partial charge in [-0.3, -0.25) is 4.79 Å². The lowest BCUT2D eigenvalue weighted by Gasteiger charge is -2.18. The largest absolute Gasteiger partial charge is 0.461 e. The second-order valence-electron chi connectivity index (χ2n) is 4.17. The number of hydrogen-bond acceptors (Lipinski definition) is 2. The molecule has 2 rings (SSSR count). The number of esters is 1. The molecule has 0 amide bonds. The van der Waals surface area contributed by atoms with E-state index in [1.54, 1.807) is 0 Å². The zero-order chi connectivity index (χ0) is 10.8. The van der Waals surface area contributed by atoms with Crippen molar-refractivity contribution >= 4 is 5.97 Å². The van der Waals surface area contributed by atoms with Crippen LogP contribution in [0.2, 0.25) is 0 Å². The molecule has 1 aromatic carbocycles. The summed E-state index contributed by atoms with van der Waals surface area (Å²) in [5.74, 6) is 0.456. The molecule has 1 heterocycles. The molecule has 2 nitrogen and oxygen atoms in total. The molecular weight excluding hydrogens is 188 g/mol. The molecule has 1 aromatic rings. The van der Waals surface area contributed by atoms with Crippen LogP contribution in [0.3, 0.4) is 0 Å². The summed E-state index contributed by atoms with van der Waals surface area (Å²) in [4.78, 5) is 11.2. The smallest absolute Gasteiger partial charge is 0.310 e. The third-order valence-corrected chi connectivity index (χ3v) is 3.14. The van der Waals surface area contributed by atoms with Gasteiger partial charge >= 0.3 is 5.97 Å². The molecule has 1 aliphatic heterocycles. The summed E-state index contributed by atoms with van der Waals surface area (Å²) in [6.07, 6.45) is 1.56. The van der Waals surface area contributed by atoms with Crippen molar-refractivity contribution in [2.75, 3.05) is 0 Å². The van der Waals surface area contributed by atoms with Gasteiger partial charge in [0.25, 0.3) is 0 Å². The average Bonchev–Trinajstić information content (AvgIpc) is 2.27. The average molecular weight is 204 g/mol. The molecule has 80 valence electrons. The standard InChI is InChI=1S/C13H16O2/c1-3-9(2)10-4-5-11-8-15-13(14)7-12(11)6-10/h4-6,9H,3,7-8H2,1-2H3. The molecule has 2 heteroatoms. The van der Waals surface area contributed by atoms with Gasteiger partial charge in [-0.1, -0.05) is 32.0 Å². The Hall–Kier alpha value is -1.31. The molecule has 0 aromatic heterocycles. The zero-order valence-electron chi connectivity index (χ0n) is 9.25. The number of ether oxygens (including phenoxy) is 1.